The van der Waals surface area contributed by atoms with Crippen LogP contribution in [0.2, 0.25) is 0 Å². The summed E-state index contributed by atoms with van der Waals surface area (Å²) in [5.74, 6) is -0.821. The Kier molecular flexibility index (Phi) is 4.60. The van der Waals surface area contributed by atoms with Gasteiger partial charge in [0.1, 0.15) is 0 Å². The molecule has 7 heteroatoms. The van der Waals surface area contributed by atoms with Crippen molar-refractivity contribution in [2.24, 2.45) is 5.92 Å². The lowest BCUT2D eigenvalue weighted by molar-refractivity contribution is -0.146. The van der Waals surface area contributed by atoms with Gasteiger partial charge in [-0.25, -0.2) is 8.42 Å². The lowest BCUT2D eigenvalue weighted by Gasteiger charge is -2.30. The van der Waals surface area contributed by atoms with E-state index in [9.17, 15) is 13.2 Å². The zero-order chi connectivity index (χ0) is 15.5. The molecule has 0 bridgehead atoms. The van der Waals surface area contributed by atoms with Crippen molar-refractivity contribution in [3.05, 3.63) is 29.8 Å². The summed E-state index contributed by atoms with van der Waals surface area (Å²) in [5, 5.41) is 8.87. The molecule has 0 aliphatic carbocycles. The van der Waals surface area contributed by atoms with Crippen molar-refractivity contribution in [3.63, 3.8) is 0 Å². The molecule has 21 heavy (non-hydrogen) atoms. The lowest BCUT2D eigenvalue weighted by atomic mass is 10.0. The Morgan fingerprint density at radius 2 is 2.24 bits per heavy atom. The topological polar surface area (TPSA) is 87.5 Å². The average Bonchev–Trinajstić information content (AvgIpc) is 2.54. The molecular weight excluding hydrogens is 292 g/mol. The minimum atomic E-state index is -3.69. The highest BCUT2D eigenvalue weighted by atomic mass is 32.2. The van der Waals surface area contributed by atoms with Gasteiger partial charge in [0.2, 0.25) is 10.0 Å². The fourth-order valence-electron chi connectivity index (χ4n) is 2.39. The van der Waals surface area contributed by atoms with Crippen molar-refractivity contribution < 1.29 is 17.9 Å². The summed E-state index contributed by atoms with van der Waals surface area (Å²) in [5.41, 5.74) is 0.289. The number of carbonyl (C=O) groups is 1. The first-order chi connectivity index (χ1) is 9.98. The molecule has 1 heterocycles. The number of sulfonamides is 1. The highest BCUT2D eigenvalue weighted by molar-refractivity contribution is 7.89. The summed E-state index contributed by atoms with van der Waals surface area (Å²) in [6, 6.07) is 7.81. The molecule has 1 aliphatic heterocycles. The molecule has 0 N–H and O–H groups in total. The van der Waals surface area contributed by atoms with E-state index in [2.05, 4.69) is 4.74 Å². The summed E-state index contributed by atoms with van der Waals surface area (Å²) in [4.78, 5) is 11.7. The van der Waals surface area contributed by atoms with Crippen LogP contribution in [0.25, 0.3) is 0 Å². The number of esters is 1. The van der Waals surface area contributed by atoms with Crippen molar-refractivity contribution in [3.8, 4) is 6.07 Å². The van der Waals surface area contributed by atoms with Crippen LogP contribution in [0.5, 0.6) is 0 Å². The second kappa shape index (κ2) is 6.24. The van der Waals surface area contributed by atoms with Gasteiger partial charge in [0.15, 0.2) is 0 Å². The van der Waals surface area contributed by atoms with Gasteiger partial charge >= 0.3 is 5.97 Å². The fraction of sp³-hybridized carbons (Fsp3) is 0.429. The van der Waals surface area contributed by atoms with Crippen molar-refractivity contribution in [2.75, 3.05) is 20.2 Å². The Balaban J connectivity index is 2.26. The Morgan fingerprint density at radius 1 is 1.48 bits per heavy atom. The van der Waals surface area contributed by atoms with Gasteiger partial charge in [0, 0.05) is 13.1 Å². The molecule has 1 aliphatic rings. The number of piperidine rings is 1. The maximum Gasteiger partial charge on any atom is 0.309 e. The number of nitrogens with zero attached hydrogens (tertiary/aromatic N) is 2. The van der Waals surface area contributed by atoms with E-state index in [1.807, 2.05) is 6.07 Å². The van der Waals surface area contributed by atoms with Gasteiger partial charge in [0.05, 0.1) is 29.6 Å². The largest absolute Gasteiger partial charge is 0.469 e. The number of rotatable bonds is 3. The quantitative estimate of drug-likeness (QED) is 0.781. The van der Waals surface area contributed by atoms with E-state index < -0.39 is 15.9 Å². The van der Waals surface area contributed by atoms with Gasteiger partial charge < -0.3 is 4.74 Å². The number of hydrogen-bond acceptors (Lipinski definition) is 5. The number of benzene rings is 1. The van der Waals surface area contributed by atoms with Gasteiger partial charge in [-0.1, -0.05) is 6.07 Å². The maximum absolute atomic E-state index is 12.6. The zero-order valence-electron chi connectivity index (χ0n) is 11.7. The van der Waals surface area contributed by atoms with Crippen LogP contribution in [0.15, 0.2) is 29.2 Å². The third kappa shape index (κ3) is 3.23. The average molecular weight is 308 g/mol. The molecule has 1 aromatic rings. The van der Waals surface area contributed by atoms with E-state index >= 15 is 0 Å². The van der Waals surface area contributed by atoms with Crippen molar-refractivity contribution >= 4 is 16.0 Å². The van der Waals surface area contributed by atoms with Gasteiger partial charge in [-0.15, -0.1) is 0 Å². The van der Waals surface area contributed by atoms with Gasteiger partial charge in [-0.2, -0.15) is 9.57 Å². The summed E-state index contributed by atoms with van der Waals surface area (Å²) >= 11 is 0. The molecule has 0 radical (unpaired) electrons. The number of methoxy groups -OCH3 is 1. The van der Waals surface area contributed by atoms with Gasteiger partial charge in [-0.05, 0) is 31.0 Å². The van der Waals surface area contributed by atoms with E-state index in [1.165, 1.54) is 29.6 Å². The Morgan fingerprint density at radius 3 is 2.90 bits per heavy atom. The van der Waals surface area contributed by atoms with E-state index in [4.69, 9.17) is 5.26 Å². The highest BCUT2D eigenvalue weighted by Gasteiger charge is 2.33. The number of hydrogen-bond donors (Lipinski definition) is 0. The summed E-state index contributed by atoms with van der Waals surface area (Å²) in [6.07, 6.45) is 1.23. The first kappa shape index (κ1) is 15.5. The molecule has 1 fully saturated rings. The Labute approximate surface area is 124 Å². The second-order valence-corrected chi connectivity index (χ2v) is 6.80. The second-order valence-electron chi connectivity index (χ2n) is 4.86. The smallest absolute Gasteiger partial charge is 0.309 e. The number of nitriles is 1. The predicted molar refractivity (Wildman–Crippen MR) is 74.7 cm³/mol. The summed E-state index contributed by atoms with van der Waals surface area (Å²) in [7, 11) is -2.40. The molecule has 0 unspecified atom stereocenters. The molecule has 1 aromatic carbocycles. The fourth-order valence-corrected chi connectivity index (χ4v) is 3.97. The third-order valence-electron chi connectivity index (χ3n) is 3.52. The molecule has 2 rings (SSSR count). The van der Waals surface area contributed by atoms with Crippen LogP contribution in [0, 0.1) is 17.2 Å². The maximum atomic E-state index is 12.6. The molecule has 0 spiro atoms. The van der Waals surface area contributed by atoms with Gasteiger partial charge in [-0.3, -0.25) is 4.79 Å². The third-order valence-corrected chi connectivity index (χ3v) is 5.38. The van der Waals surface area contributed by atoms with E-state index in [1.54, 1.807) is 6.07 Å². The minimum absolute atomic E-state index is 0.0760. The molecule has 1 saturated heterocycles. The normalized spacial score (nSPS) is 19.7. The lowest BCUT2D eigenvalue weighted by Crippen LogP contribution is -2.42. The minimum Gasteiger partial charge on any atom is -0.469 e. The zero-order valence-corrected chi connectivity index (χ0v) is 12.5. The van der Waals surface area contributed by atoms with Gasteiger partial charge in [0.25, 0.3) is 0 Å². The molecule has 0 amide bonds. The Bertz CT molecular complexity index is 678. The van der Waals surface area contributed by atoms with Crippen LogP contribution < -0.4 is 0 Å². The monoisotopic (exact) mass is 308 g/mol. The summed E-state index contributed by atoms with van der Waals surface area (Å²) < 4.78 is 31.1. The van der Waals surface area contributed by atoms with Crippen LogP contribution in [0.3, 0.4) is 0 Å². The molecule has 0 saturated carbocycles. The van der Waals surface area contributed by atoms with Crippen LogP contribution in [0.1, 0.15) is 18.4 Å². The number of carbonyl (C=O) groups excluding carboxylic acids is 1. The van der Waals surface area contributed by atoms with Crippen molar-refractivity contribution in [1.29, 1.82) is 5.26 Å². The van der Waals surface area contributed by atoms with Crippen LogP contribution in [-0.2, 0) is 19.6 Å². The summed E-state index contributed by atoms with van der Waals surface area (Å²) in [6.45, 7) is 0.485. The standard InChI is InChI=1S/C14H16N2O4S/c1-20-14(17)12-5-3-7-16(10-12)21(18,19)13-6-2-4-11(8-13)9-15/h2,4,6,8,12H,3,5,7,10H2,1H3/t12-/m0/s1. The molecule has 112 valence electrons. The highest BCUT2D eigenvalue weighted by Crippen LogP contribution is 2.24. The first-order valence-electron chi connectivity index (χ1n) is 6.57. The Hall–Kier alpha value is -1.91. The predicted octanol–water partition coefficient (Wildman–Crippen LogP) is 1.13. The van der Waals surface area contributed by atoms with Crippen molar-refractivity contribution in [1.82, 2.24) is 4.31 Å². The first-order valence-corrected chi connectivity index (χ1v) is 8.01. The van der Waals surface area contributed by atoms with Crippen molar-refractivity contribution in [2.45, 2.75) is 17.7 Å². The molecule has 0 aromatic heterocycles. The molecule has 6 nitrogen and oxygen atoms in total. The number of ether oxygens (including phenoxy) is 1. The van der Waals surface area contributed by atoms with E-state index in [0.29, 0.717) is 19.4 Å². The van der Waals surface area contributed by atoms with Crippen LogP contribution in [-0.4, -0.2) is 38.9 Å². The van der Waals surface area contributed by atoms with Crippen LogP contribution >= 0.6 is 0 Å². The molecular formula is C14H16N2O4S. The SMILES string of the molecule is COC(=O)[C@H]1CCCN(S(=O)(=O)c2cccc(C#N)c2)C1. The molecule has 1 atom stereocenters. The van der Waals surface area contributed by atoms with E-state index in [0.717, 1.165) is 0 Å². The van der Waals surface area contributed by atoms with Crippen LogP contribution in [0.4, 0.5) is 0 Å². The van der Waals surface area contributed by atoms with E-state index in [-0.39, 0.29) is 23.0 Å².